The Bertz CT molecular complexity index is 1210. The number of ether oxygens (including phenoxy) is 5. The molecule has 2 heterocycles. The maximum absolute atomic E-state index is 13.9. The molecule has 2 aliphatic heterocycles. The van der Waals surface area contributed by atoms with Crippen molar-refractivity contribution in [2.24, 2.45) is 0 Å². The summed E-state index contributed by atoms with van der Waals surface area (Å²) in [5.41, 5.74) is 1.70. The highest BCUT2D eigenvalue weighted by Gasteiger charge is 2.58. The largest absolute Gasteiger partial charge is 0.489 e. The van der Waals surface area contributed by atoms with Gasteiger partial charge in [-0.15, -0.1) is 0 Å². The van der Waals surface area contributed by atoms with Crippen molar-refractivity contribution in [2.75, 3.05) is 20.3 Å². The monoisotopic (exact) mass is 531 g/mol. The average Bonchev–Trinajstić information content (AvgIpc) is 3.19. The summed E-state index contributed by atoms with van der Waals surface area (Å²) < 4.78 is 57.7. The van der Waals surface area contributed by atoms with E-state index in [9.17, 15) is 13.2 Å². The van der Waals surface area contributed by atoms with Crippen LogP contribution in [-0.2, 0) is 40.4 Å². The van der Waals surface area contributed by atoms with Gasteiger partial charge in [0.2, 0.25) is 10.0 Å². The molecule has 0 spiro atoms. The van der Waals surface area contributed by atoms with Crippen LogP contribution in [0.1, 0.15) is 26.3 Å². The standard InChI is InChI=1S/C27H33NO8S/c1-18(2)16-34-25-23(26(29)32-5)28(15-22-24(25)36-27(3,4)35-22)37(30,31)21-13-11-20(12-14-21)33-17-19-9-7-6-8-10-19/h6-14,22-25H,1,15-17H2,2-5H3/t22-,23+,24+,25-/m0/s1. The van der Waals surface area contributed by atoms with Crippen molar-refractivity contribution in [3.8, 4) is 5.75 Å². The summed E-state index contributed by atoms with van der Waals surface area (Å²) in [7, 11) is -2.95. The van der Waals surface area contributed by atoms with Gasteiger partial charge >= 0.3 is 5.97 Å². The van der Waals surface area contributed by atoms with E-state index < -0.39 is 46.1 Å². The zero-order valence-corrected chi connectivity index (χ0v) is 22.3. The minimum atomic E-state index is -4.16. The van der Waals surface area contributed by atoms with E-state index in [4.69, 9.17) is 23.7 Å². The molecule has 4 rings (SSSR count). The maximum atomic E-state index is 13.9. The van der Waals surface area contributed by atoms with Crippen LogP contribution in [-0.4, -0.2) is 69.1 Å². The average molecular weight is 532 g/mol. The van der Waals surface area contributed by atoms with Gasteiger partial charge in [-0.2, -0.15) is 4.31 Å². The summed E-state index contributed by atoms with van der Waals surface area (Å²) in [6.45, 7) is 9.46. The molecule has 2 aromatic rings. The molecule has 37 heavy (non-hydrogen) atoms. The van der Waals surface area contributed by atoms with Crippen LogP contribution in [0.2, 0.25) is 0 Å². The van der Waals surface area contributed by atoms with E-state index in [0.29, 0.717) is 17.9 Å². The first-order valence-electron chi connectivity index (χ1n) is 12.0. The van der Waals surface area contributed by atoms with Gasteiger partial charge in [0, 0.05) is 6.54 Å². The lowest BCUT2D eigenvalue weighted by Gasteiger charge is -2.42. The molecule has 4 atom stereocenters. The van der Waals surface area contributed by atoms with E-state index in [-0.39, 0.29) is 18.0 Å². The van der Waals surface area contributed by atoms with E-state index in [2.05, 4.69) is 6.58 Å². The van der Waals surface area contributed by atoms with Crippen LogP contribution in [0.4, 0.5) is 0 Å². The predicted octanol–water partition coefficient (Wildman–Crippen LogP) is 3.29. The third-order valence-electron chi connectivity index (χ3n) is 6.17. The Kier molecular flexibility index (Phi) is 8.05. The number of fused-ring (bicyclic) bond motifs is 1. The van der Waals surface area contributed by atoms with Crippen LogP contribution in [0, 0.1) is 0 Å². The molecule has 0 N–H and O–H groups in total. The molecule has 9 nitrogen and oxygen atoms in total. The molecule has 0 bridgehead atoms. The Morgan fingerprint density at radius 3 is 2.41 bits per heavy atom. The number of carbonyl (C=O) groups is 1. The van der Waals surface area contributed by atoms with Crippen LogP contribution in [0.15, 0.2) is 71.6 Å². The summed E-state index contributed by atoms with van der Waals surface area (Å²) in [5.74, 6) is -1.20. The van der Waals surface area contributed by atoms with E-state index in [1.807, 2.05) is 30.3 Å². The number of rotatable bonds is 9. The zero-order valence-electron chi connectivity index (χ0n) is 21.5. The Balaban J connectivity index is 1.62. The Hall–Kier alpha value is -2.76. The lowest BCUT2D eigenvalue weighted by atomic mass is 9.95. The molecule has 0 amide bonds. The highest BCUT2D eigenvalue weighted by atomic mass is 32.2. The molecule has 0 radical (unpaired) electrons. The normalized spacial score (nSPS) is 25.3. The third kappa shape index (κ3) is 6.05. The van der Waals surface area contributed by atoms with Crippen LogP contribution >= 0.6 is 0 Å². The molecule has 0 saturated carbocycles. The number of hydrogen-bond acceptors (Lipinski definition) is 8. The van der Waals surface area contributed by atoms with Crippen LogP contribution in [0.25, 0.3) is 0 Å². The second-order valence-electron chi connectivity index (χ2n) is 9.66. The first-order chi connectivity index (χ1) is 17.5. The molecule has 200 valence electrons. The van der Waals surface area contributed by atoms with Crippen molar-refractivity contribution in [3.05, 3.63) is 72.3 Å². The first-order valence-corrected chi connectivity index (χ1v) is 13.4. The van der Waals surface area contributed by atoms with Gasteiger partial charge in [-0.1, -0.05) is 42.5 Å². The molecule has 0 aromatic heterocycles. The quantitative estimate of drug-likeness (QED) is 0.359. The van der Waals surface area contributed by atoms with Crippen molar-refractivity contribution in [1.82, 2.24) is 4.31 Å². The lowest BCUT2D eigenvalue weighted by molar-refractivity contribution is -0.170. The fourth-order valence-corrected chi connectivity index (χ4v) is 6.14. The minimum Gasteiger partial charge on any atom is -0.489 e. The van der Waals surface area contributed by atoms with Gasteiger partial charge in [-0.3, -0.25) is 4.79 Å². The summed E-state index contributed by atoms with van der Waals surface area (Å²) >= 11 is 0. The number of piperidine rings is 1. The highest BCUT2D eigenvalue weighted by Crippen LogP contribution is 2.39. The van der Waals surface area contributed by atoms with Crippen molar-refractivity contribution >= 4 is 16.0 Å². The second-order valence-corrected chi connectivity index (χ2v) is 11.6. The van der Waals surface area contributed by atoms with Crippen molar-refractivity contribution in [3.63, 3.8) is 0 Å². The van der Waals surface area contributed by atoms with E-state index in [1.54, 1.807) is 32.9 Å². The smallest absolute Gasteiger partial charge is 0.327 e. The summed E-state index contributed by atoms with van der Waals surface area (Å²) in [6, 6.07) is 14.5. The van der Waals surface area contributed by atoms with Crippen LogP contribution in [0.3, 0.4) is 0 Å². The van der Waals surface area contributed by atoms with Gasteiger partial charge in [-0.25, -0.2) is 8.42 Å². The lowest BCUT2D eigenvalue weighted by Crippen LogP contribution is -2.65. The molecule has 2 saturated heterocycles. The van der Waals surface area contributed by atoms with Gasteiger partial charge in [0.15, 0.2) is 11.8 Å². The summed E-state index contributed by atoms with van der Waals surface area (Å²) in [6.07, 6.45) is -2.28. The SMILES string of the molecule is C=C(C)CO[C@@H]1[C@@H]2OC(C)(C)O[C@H]2CN(S(=O)(=O)c2ccc(OCc3ccccc3)cc2)[C@H]1C(=O)OC. The van der Waals surface area contributed by atoms with Crippen LogP contribution in [0.5, 0.6) is 5.75 Å². The van der Waals surface area contributed by atoms with E-state index >= 15 is 0 Å². The van der Waals surface area contributed by atoms with Gasteiger partial charge in [0.1, 0.15) is 30.7 Å². The van der Waals surface area contributed by atoms with E-state index in [0.717, 1.165) is 9.87 Å². The number of sulfonamides is 1. The molecular weight excluding hydrogens is 498 g/mol. The number of hydrogen-bond donors (Lipinski definition) is 0. The Labute approximate surface area is 218 Å². The fourth-order valence-electron chi connectivity index (χ4n) is 4.55. The molecule has 10 heteroatoms. The minimum absolute atomic E-state index is 0.00346. The number of esters is 1. The molecule has 0 unspecified atom stereocenters. The summed E-state index contributed by atoms with van der Waals surface area (Å²) in [4.78, 5) is 13.0. The zero-order chi connectivity index (χ0) is 26.8. The number of nitrogens with zero attached hydrogens (tertiary/aromatic N) is 1. The summed E-state index contributed by atoms with van der Waals surface area (Å²) in [5, 5.41) is 0. The van der Waals surface area contributed by atoms with Gasteiger partial charge < -0.3 is 23.7 Å². The molecule has 2 fully saturated rings. The van der Waals surface area contributed by atoms with Crippen LogP contribution < -0.4 is 4.74 Å². The van der Waals surface area contributed by atoms with Crippen molar-refractivity contribution < 1.29 is 36.9 Å². The van der Waals surface area contributed by atoms with Gasteiger partial charge in [-0.05, 0) is 50.6 Å². The van der Waals surface area contributed by atoms with E-state index in [1.165, 1.54) is 19.2 Å². The molecular formula is C27H33NO8S. The fraction of sp³-hybridized carbons (Fsp3) is 0.444. The van der Waals surface area contributed by atoms with Crippen molar-refractivity contribution in [1.29, 1.82) is 0 Å². The number of benzene rings is 2. The molecule has 0 aliphatic carbocycles. The Morgan fingerprint density at radius 2 is 1.78 bits per heavy atom. The maximum Gasteiger partial charge on any atom is 0.327 e. The Morgan fingerprint density at radius 1 is 1.11 bits per heavy atom. The second kappa shape index (κ2) is 10.9. The predicted molar refractivity (Wildman–Crippen MR) is 135 cm³/mol. The topological polar surface area (TPSA) is 101 Å². The highest BCUT2D eigenvalue weighted by molar-refractivity contribution is 7.89. The number of carbonyl (C=O) groups excluding carboxylic acids is 1. The van der Waals surface area contributed by atoms with Crippen molar-refractivity contribution in [2.45, 2.75) is 62.4 Å². The third-order valence-corrected chi connectivity index (χ3v) is 8.03. The number of methoxy groups -OCH3 is 1. The van der Waals surface area contributed by atoms with Gasteiger partial charge in [0.25, 0.3) is 0 Å². The molecule has 2 aromatic carbocycles. The van der Waals surface area contributed by atoms with Gasteiger partial charge in [0.05, 0.1) is 18.6 Å². The molecule has 2 aliphatic rings. The first kappa shape index (κ1) is 27.3.